The molecule has 4 nitrogen and oxygen atoms in total. The van der Waals surface area contributed by atoms with E-state index in [2.05, 4.69) is 15.3 Å². The normalized spacial score (nSPS) is 10.1. The average molecular weight is 261 g/mol. The second kappa shape index (κ2) is 6.26. The minimum Gasteiger partial charge on any atom is -0.496 e. The maximum Gasteiger partial charge on any atom is 0.189 e. The Hall–Kier alpha value is -1.75. The Balaban J connectivity index is 2.06. The number of nitrogens with zero attached hydrogens (tertiary/aromatic N) is 2. The molecule has 1 aromatic carbocycles. The summed E-state index contributed by atoms with van der Waals surface area (Å²) in [5, 5.41) is 4.03. The van der Waals surface area contributed by atoms with Gasteiger partial charge in [0.25, 0.3) is 0 Å². The third-order valence-electron chi connectivity index (χ3n) is 2.47. The van der Waals surface area contributed by atoms with Gasteiger partial charge in [-0.2, -0.15) is 0 Å². The van der Waals surface area contributed by atoms with Gasteiger partial charge in [0.2, 0.25) is 0 Å². The molecule has 0 fully saturated rings. The highest BCUT2D eigenvalue weighted by Crippen LogP contribution is 2.18. The first-order valence-electron chi connectivity index (χ1n) is 5.56. The quantitative estimate of drug-likeness (QED) is 0.662. The zero-order valence-electron chi connectivity index (χ0n) is 10.4. The molecule has 5 heteroatoms. The Morgan fingerprint density at radius 3 is 2.89 bits per heavy atom. The van der Waals surface area contributed by atoms with Crippen molar-refractivity contribution in [2.24, 2.45) is 0 Å². The summed E-state index contributed by atoms with van der Waals surface area (Å²) < 4.78 is 5.30. The van der Waals surface area contributed by atoms with Crippen LogP contribution in [0, 0.1) is 0 Å². The molecule has 0 atom stereocenters. The van der Waals surface area contributed by atoms with Crippen LogP contribution in [0.5, 0.6) is 5.75 Å². The number of thioether (sulfide) groups is 1. The Morgan fingerprint density at radius 2 is 2.11 bits per heavy atom. The average Bonchev–Trinajstić information content (AvgIpc) is 2.45. The van der Waals surface area contributed by atoms with Crippen molar-refractivity contribution < 1.29 is 4.74 Å². The Labute approximate surface area is 111 Å². The van der Waals surface area contributed by atoms with Crippen molar-refractivity contribution in [3.05, 3.63) is 42.1 Å². The number of aromatic nitrogens is 2. The van der Waals surface area contributed by atoms with Crippen LogP contribution in [0.1, 0.15) is 5.56 Å². The number of rotatable bonds is 5. The minimum absolute atomic E-state index is 0.675. The zero-order chi connectivity index (χ0) is 12.8. The van der Waals surface area contributed by atoms with Crippen LogP contribution in [-0.4, -0.2) is 23.3 Å². The first kappa shape index (κ1) is 12.7. The first-order chi connectivity index (χ1) is 8.83. The van der Waals surface area contributed by atoms with Gasteiger partial charge in [-0.25, -0.2) is 9.97 Å². The molecule has 0 aliphatic carbocycles. The smallest absolute Gasteiger partial charge is 0.189 e. The third kappa shape index (κ3) is 3.13. The summed E-state index contributed by atoms with van der Waals surface area (Å²) in [6.07, 6.45) is 3.71. The summed E-state index contributed by atoms with van der Waals surface area (Å²) in [6, 6.07) is 9.79. The summed E-state index contributed by atoms with van der Waals surface area (Å²) in [6.45, 7) is 0.675. The van der Waals surface area contributed by atoms with Crippen LogP contribution in [0.25, 0.3) is 0 Å². The predicted molar refractivity (Wildman–Crippen MR) is 74.1 cm³/mol. The molecule has 0 aliphatic rings. The van der Waals surface area contributed by atoms with Crippen LogP contribution in [-0.2, 0) is 6.54 Å². The van der Waals surface area contributed by atoms with Crippen LogP contribution in [0.15, 0.2) is 41.7 Å². The largest absolute Gasteiger partial charge is 0.496 e. The topological polar surface area (TPSA) is 47.0 Å². The van der Waals surface area contributed by atoms with Gasteiger partial charge >= 0.3 is 0 Å². The summed E-state index contributed by atoms with van der Waals surface area (Å²) in [7, 11) is 1.68. The second-order valence-corrected chi connectivity index (χ2v) is 4.37. The predicted octanol–water partition coefficient (Wildman–Crippen LogP) is 2.82. The molecule has 0 spiro atoms. The lowest BCUT2D eigenvalue weighted by molar-refractivity contribution is 0.410. The summed E-state index contributed by atoms with van der Waals surface area (Å²) in [5.74, 6) is 1.70. The maximum absolute atomic E-state index is 5.30. The van der Waals surface area contributed by atoms with Gasteiger partial charge in [0.15, 0.2) is 5.16 Å². The standard InChI is InChI=1S/C13H15N3OS/c1-17-11-6-4-3-5-10(11)9-15-12-7-8-14-13(16-12)18-2/h3-8H,9H2,1-2H3,(H,14,15,16). The lowest BCUT2D eigenvalue weighted by Gasteiger charge is -2.10. The van der Waals surface area contributed by atoms with E-state index in [0.29, 0.717) is 6.54 Å². The van der Waals surface area contributed by atoms with E-state index in [1.807, 2.05) is 36.6 Å². The molecule has 1 N–H and O–H groups in total. The molecular formula is C13H15N3OS. The maximum atomic E-state index is 5.30. The van der Waals surface area contributed by atoms with Gasteiger partial charge in [-0.15, -0.1) is 0 Å². The number of hydrogen-bond acceptors (Lipinski definition) is 5. The van der Waals surface area contributed by atoms with Crippen molar-refractivity contribution >= 4 is 17.6 Å². The highest BCUT2D eigenvalue weighted by atomic mass is 32.2. The fourth-order valence-corrected chi connectivity index (χ4v) is 1.93. The van der Waals surface area contributed by atoms with E-state index in [9.17, 15) is 0 Å². The molecule has 18 heavy (non-hydrogen) atoms. The van der Waals surface area contributed by atoms with E-state index >= 15 is 0 Å². The van der Waals surface area contributed by atoms with Crippen molar-refractivity contribution in [1.82, 2.24) is 9.97 Å². The Morgan fingerprint density at radius 1 is 1.28 bits per heavy atom. The summed E-state index contributed by atoms with van der Waals surface area (Å²) >= 11 is 1.53. The molecule has 0 aliphatic heterocycles. The van der Waals surface area contributed by atoms with Gasteiger partial charge in [0.05, 0.1) is 7.11 Å². The number of nitrogens with one attached hydrogen (secondary N) is 1. The number of methoxy groups -OCH3 is 1. The van der Waals surface area contributed by atoms with E-state index in [-0.39, 0.29) is 0 Å². The van der Waals surface area contributed by atoms with Crippen molar-refractivity contribution in [2.75, 3.05) is 18.7 Å². The van der Waals surface area contributed by atoms with Crippen molar-refractivity contribution in [1.29, 1.82) is 0 Å². The highest BCUT2D eigenvalue weighted by molar-refractivity contribution is 7.98. The van der Waals surface area contributed by atoms with Crippen molar-refractivity contribution in [3.63, 3.8) is 0 Å². The monoisotopic (exact) mass is 261 g/mol. The molecule has 1 heterocycles. The van der Waals surface area contributed by atoms with E-state index in [4.69, 9.17) is 4.74 Å². The molecular weight excluding hydrogens is 246 g/mol. The van der Waals surface area contributed by atoms with Crippen LogP contribution in [0.3, 0.4) is 0 Å². The van der Waals surface area contributed by atoms with Gasteiger partial charge in [-0.1, -0.05) is 30.0 Å². The number of benzene rings is 1. The molecule has 0 bridgehead atoms. The number of ether oxygens (including phenoxy) is 1. The molecule has 0 saturated carbocycles. The molecule has 1 aromatic heterocycles. The van der Waals surface area contributed by atoms with Gasteiger partial charge in [0, 0.05) is 18.3 Å². The van der Waals surface area contributed by atoms with Gasteiger partial charge in [-0.05, 0) is 18.4 Å². The zero-order valence-corrected chi connectivity index (χ0v) is 11.2. The fourth-order valence-electron chi connectivity index (χ4n) is 1.57. The van der Waals surface area contributed by atoms with Crippen LogP contribution in [0.4, 0.5) is 5.82 Å². The second-order valence-electron chi connectivity index (χ2n) is 3.59. The summed E-state index contributed by atoms with van der Waals surface area (Å²) in [5.41, 5.74) is 1.10. The van der Waals surface area contributed by atoms with Crippen molar-refractivity contribution in [2.45, 2.75) is 11.7 Å². The molecule has 0 amide bonds. The number of para-hydroxylation sites is 1. The van der Waals surface area contributed by atoms with Crippen molar-refractivity contribution in [3.8, 4) is 5.75 Å². The lowest BCUT2D eigenvalue weighted by atomic mass is 10.2. The van der Waals surface area contributed by atoms with Crippen LogP contribution >= 0.6 is 11.8 Å². The molecule has 2 rings (SSSR count). The number of anilines is 1. The van der Waals surface area contributed by atoms with Crippen LogP contribution < -0.4 is 10.1 Å². The number of hydrogen-bond donors (Lipinski definition) is 1. The first-order valence-corrected chi connectivity index (χ1v) is 6.78. The Bertz CT molecular complexity index is 519. The highest BCUT2D eigenvalue weighted by Gasteiger charge is 2.02. The molecule has 2 aromatic rings. The van der Waals surface area contributed by atoms with E-state index in [1.54, 1.807) is 13.3 Å². The lowest BCUT2D eigenvalue weighted by Crippen LogP contribution is -2.03. The minimum atomic E-state index is 0.675. The van der Waals surface area contributed by atoms with Gasteiger partial charge in [0.1, 0.15) is 11.6 Å². The van der Waals surface area contributed by atoms with Gasteiger partial charge < -0.3 is 10.1 Å². The van der Waals surface area contributed by atoms with Crippen LogP contribution in [0.2, 0.25) is 0 Å². The molecule has 0 saturated heterocycles. The van der Waals surface area contributed by atoms with Gasteiger partial charge in [-0.3, -0.25) is 0 Å². The molecule has 94 valence electrons. The molecule has 0 unspecified atom stereocenters. The SMILES string of the molecule is COc1ccccc1CNc1ccnc(SC)n1. The van der Waals surface area contributed by atoms with E-state index in [0.717, 1.165) is 22.3 Å². The molecule has 0 radical (unpaired) electrons. The van der Waals surface area contributed by atoms with E-state index < -0.39 is 0 Å². The third-order valence-corrected chi connectivity index (χ3v) is 3.03. The van der Waals surface area contributed by atoms with E-state index in [1.165, 1.54) is 11.8 Å². The summed E-state index contributed by atoms with van der Waals surface area (Å²) in [4.78, 5) is 8.50. The fraction of sp³-hybridized carbons (Fsp3) is 0.231. The Kier molecular flexibility index (Phi) is 4.41.